The topological polar surface area (TPSA) is 21.3 Å². The Morgan fingerprint density at radius 2 is 1.90 bits per heavy atom. The van der Waals surface area contributed by atoms with Gasteiger partial charge in [-0.1, -0.05) is 12.1 Å². The largest absolute Gasteiger partial charge is 0.380 e. The predicted octanol–water partition coefficient (Wildman–Crippen LogP) is 4.59. The average Bonchev–Trinajstić information content (AvgIpc) is 2.43. The van der Waals surface area contributed by atoms with E-state index >= 15 is 0 Å². The second-order valence-corrected chi connectivity index (χ2v) is 5.12. The molecule has 0 aliphatic carbocycles. The summed E-state index contributed by atoms with van der Waals surface area (Å²) in [4.78, 5) is 0. The van der Waals surface area contributed by atoms with E-state index in [1.807, 2.05) is 24.3 Å². The monoisotopic (exact) mass is 291 g/mol. The number of aryl methyl sites for hydroxylation is 1. The van der Waals surface area contributed by atoms with E-state index in [4.69, 9.17) is 4.74 Å². The maximum Gasteiger partial charge on any atom is 0.128 e. The SMILES string of the molecule is COCc1cccc(NC(C)c2cc(F)c(C)cc2F)c1. The first-order valence-corrected chi connectivity index (χ1v) is 6.81. The fraction of sp³-hybridized carbons (Fsp3) is 0.294. The Balaban J connectivity index is 2.19. The van der Waals surface area contributed by atoms with Gasteiger partial charge < -0.3 is 10.1 Å². The standard InChI is InChI=1S/C17H19F2NO/c1-11-7-17(19)15(9-16(11)18)12(2)20-14-6-4-5-13(8-14)10-21-3/h4-9,12,20H,10H2,1-3H3. The lowest BCUT2D eigenvalue weighted by atomic mass is 10.0. The summed E-state index contributed by atoms with van der Waals surface area (Å²) in [5.41, 5.74) is 2.49. The number of ether oxygens (including phenoxy) is 1. The van der Waals surface area contributed by atoms with Gasteiger partial charge >= 0.3 is 0 Å². The molecule has 0 radical (unpaired) electrons. The average molecular weight is 291 g/mol. The van der Waals surface area contributed by atoms with Crippen molar-refractivity contribution in [2.75, 3.05) is 12.4 Å². The van der Waals surface area contributed by atoms with Gasteiger partial charge in [0.25, 0.3) is 0 Å². The van der Waals surface area contributed by atoms with Crippen molar-refractivity contribution in [3.8, 4) is 0 Å². The summed E-state index contributed by atoms with van der Waals surface area (Å²) in [6.45, 7) is 3.86. The molecule has 2 rings (SSSR count). The summed E-state index contributed by atoms with van der Waals surface area (Å²) >= 11 is 0. The molecule has 0 bridgehead atoms. The number of halogens is 2. The van der Waals surface area contributed by atoms with Crippen molar-refractivity contribution in [2.45, 2.75) is 26.5 Å². The molecule has 0 spiro atoms. The van der Waals surface area contributed by atoms with Gasteiger partial charge in [-0.15, -0.1) is 0 Å². The molecule has 2 aromatic rings. The minimum atomic E-state index is -0.401. The van der Waals surface area contributed by atoms with E-state index in [0.717, 1.165) is 11.3 Å². The fourth-order valence-electron chi connectivity index (χ4n) is 2.24. The van der Waals surface area contributed by atoms with Gasteiger partial charge in [0, 0.05) is 18.4 Å². The van der Waals surface area contributed by atoms with Crippen molar-refractivity contribution in [2.24, 2.45) is 0 Å². The van der Waals surface area contributed by atoms with Gasteiger partial charge in [-0.25, -0.2) is 8.78 Å². The van der Waals surface area contributed by atoms with E-state index < -0.39 is 11.6 Å². The van der Waals surface area contributed by atoms with Crippen LogP contribution >= 0.6 is 0 Å². The van der Waals surface area contributed by atoms with Crippen molar-refractivity contribution in [1.82, 2.24) is 0 Å². The molecule has 1 atom stereocenters. The normalized spacial score (nSPS) is 12.2. The molecule has 0 fully saturated rings. The molecule has 1 N–H and O–H groups in total. The van der Waals surface area contributed by atoms with Crippen LogP contribution in [-0.4, -0.2) is 7.11 Å². The Bertz CT molecular complexity index is 628. The van der Waals surface area contributed by atoms with Crippen molar-refractivity contribution < 1.29 is 13.5 Å². The molecule has 0 saturated carbocycles. The number of anilines is 1. The smallest absolute Gasteiger partial charge is 0.128 e. The third kappa shape index (κ3) is 3.79. The van der Waals surface area contributed by atoms with Crippen molar-refractivity contribution >= 4 is 5.69 Å². The zero-order valence-electron chi connectivity index (χ0n) is 12.4. The van der Waals surface area contributed by atoms with E-state index in [1.165, 1.54) is 12.1 Å². The number of rotatable bonds is 5. The molecule has 0 aromatic heterocycles. The van der Waals surface area contributed by atoms with Gasteiger partial charge in [0.15, 0.2) is 0 Å². The van der Waals surface area contributed by atoms with E-state index in [9.17, 15) is 8.78 Å². The predicted molar refractivity (Wildman–Crippen MR) is 80.3 cm³/mol. The zero-order chi connectivity index (χ0) is 15.4. The number of benzene rings is 2. The molecule has 4 heteroatoms. The zero-order valence-corrected chi connectivity index (χ0v) is 12.4. The second-order valence-electron chi connectivity index (χ2n) is 5.12. The molecule has 0 amide bonds. The Kier molecular flexibility index (Phi) is 4.91. The van der Waals surface area contributed by atoms with Crippen molar-refractivity contribution in [3.63, 3.8) is 0 Å². The highest BCUT2D eigenvalue weighted by Gasteiger charge is 2.14. The molecule has 0 heterocycles. The summed E-state index contributed by atoms with van der Waals surface area (Å²) in [5.74, 6) is -0.796. The third-order valence-electron chi connectivity index (χ3n) is 3.37. The molecule has 1 unspecified atom stereocenters. The third-order valence-corrected chi connectivity index (χ3v) is 3.37. The van der Waals surface area contributed by atoms with Crippen LogP contribution in [0.15, 0.2) is 36.4 Å². The molecule has 0 aliphatic heterocycles. The summed E-state index contributed by atoms with van der Waals surface area (Å²) in [6, 6.07) is 9.81. The summed E-state index contributed by atoms with van der Waals surface area (Å²) in [5, 5.41) is 3.18. The van der Waals surface area contributed by atoms with Crippen LogP contribution in [0.2, 0.25) is 0 Å². The van der Waals surface area contributed by atoms with Gasteiger partial charge in [0.2, 0.25) is 0 Å². The minimum Gasteiger partial charge on any atom is -0.380 e. The number of nitrogens with one attached hydrogen (secondary N) is 1. The maximum absolute atomic E-state index is 14.0. The van der Waals surface area contributed by atoms with Crippen LogP contribution in [0.3, 0.4) is 0 Å². The first kappa shape index (κ1) is 15.4. The van der Waals surface area contributed by atoms with Crippen LogP contribution in [0, 0.1) is 18.6 Å². The Labute approximate surface area is 123 Å². The first-order chi connectivity index (χ1) is 10.0. The van der Waals surface area contributed by atoms with Gasteiger partial charge in [-0.3, -0.25) is 0 Å². The molecule has 112 valence electrons. The van der Waals surface area contributed by atoms with Crippen LogP contribution in [0.1, 0.15) is 29.7 Å². The molecule has 0 saturated heterocycles. The number of hydrogen-bond donors (Lipinski definition) is 1. The second kappa shape index (κ2) is 6.68. The van der Waals surface area contributed by atoms with E-state index in [1.54, 1.807) is 21.0 Å². The van der Waals surface area contributed by atoms with Gasteiger partial charge in [-0.05, 0) is 49.2 Å². The van der Waals surface area contributed by atoms with Crippen molar-refractivity contribution in [3.05, 3.63) is 64.7 Å². The number of hydrogen-bond acceptors (Lipinski definition) is 2. The van der Waals surface area contributed by atoms with Gasteiger partial charge in [0.05, 0.1) is 12.6 Å². The highest BCUT2D eigenvalue weighted by Crippen LogP contribution is 2.24. The van der Waals surface area contributed by atoms with Crippen LogP contribution < -0.4 is 5.32 Å². The highest BCUT2D eigenvalue weighted by atomic mass is 19.1. The van der Waals surface area contributed by atoms with Gasteiger partial charge in [-0.2, -0.15) is 0 Å². The quantitative estimate of drug-likeness (QED) is 0.869. The van der Waals surface area contributed by atoms with Crippen LogP contribution in [0.4, 0.5) is 14.5 Å². The lowest BCUT2D eigenvalue weighted by Crippen LogP contribution is -2.10. The van der Waals surface area contributed by atoms with Crippen LogP contribution in [0.5, 0.6) is 0 Å². The molecular formula is C17H19F2NO. The Morgan fingerprint density at radius 1 is 1.14 bits per heavy atom. The lowest BCUT2D eigenvalue weighted by Gasteiger charge is -2.17. The van der Waals surface area contributed by atoms with E-state index in [-0.39, 0.29) is 6.04 Å². The summed E-state index contributed by atoms with van der Waals surface area (Å²) in [6.07, 6.45) is 0. The van der Waals surface area contributed by atoms with Crippen LogP contribution in [-0.2, 0) is 11.3 Å². The minimum absolute atomic E-state index is 0.311. The van der Waals surface area contributed by atoms with Gasteiger partial charge in [0.1, 0.15) is 11.6 Å². The highest BCUT2D eigenvalue weighted by molar-refractivity contribution is 5.48. The molecular weight excluding hydrogens is 272 g/mol. The molecule has 0 aliphatic rings. The first-order valence-electron chi connectivity index (χ1n) is 6.81. The lowest BCUT2D eigenvalue weighted by molar-refractivity contribution is 0.185. The summed E-state index contributed by atoms with van der Waals surface area (Å²) in [7, 11) is 1.63. The van der Waals surface area contributed by atoms with E-state index in [0.29, 0.717) is 17.7 Å². The number of methoxy groups -OCH3 is 1. The molecule has 2 nitrogen and oxygen atoms in total. The Hall–Kier alpha value is -1.94. The van der Waals surface area contributed by atoms with Crippen molar-refractivity contribution in [1.29, 1.82) is 0 Å². The van der Waals surface area contributed by atoms with Crippen LogP contribution in [0.25, 0.3) is 0 Å². The maximum atomic E-state index is 14.0. The Morgan fingerprint density at radius 3 is 2.62 bits per heavy atom. The summed E-state index contributed by atoms with van der Waals surface area (Å²) < 4.78 is 32.7. The van der Waals surface area contributed by atoms with E-state index in [2.05, 4.69) is 5.32 Å². The molecule has 21 heavy (non-hydrogen) atoms. The fourth-order valence-corrected chi connectivity index (χ4v) is 2.24. The molecule has 2 aromatic carbocycles.